The summed E-state index contributed by atoms with van der Waals surface area (Å²) in [5.41, 5.74) is 0. The topological polar surface area (TPSA) is 59.2 Å². The molecule has 2 rings (SSSR count). The highest BCUT2D eigenvalue weighted by atomic mass is 32.1. The lowest BCUT2D eigenvalue weighted by molar-refractivity contribution is -0.146. The smallest absolute Gasteiger partial charge is 0.455 e. The quantitative estimate of drug-likeness (QED) is 0.826. The molecule has 15 heavy (non-hydrogen) atoms. The highest BCUT2D eigenvalue weighted by Gasteiger charge is 2.37. The van der Waals surface area contributed by atoms with Gasteiger partial charge in [-0.2, -0.15) is 18.2 Å². The molecule has 0 atom stereocenters. The molecule has 1 N–H and O–H groups in total. The van der Waals surface area contributed by atoms with E-state index in [2.05, 4.69) is 14.7 Å². The van der Waals surface area contributed by atoms with Gasteiger partial charge in [-0.05, 0) is 11.4 Å². The number of thiophene rings is 1. The number of aromatic hydroxyl groups is 1. The maximum Gasteiger partial charge on any atom is 0.455 e. The summed E-state index contributed by atoms with van der Waals surface area (Å²) >= 11 is 1.01. The Bertz CT molecular complexity index is 477. The van der Waals surface area contributed by atoms with Gasteiger partial charge in [0.2, 0.25) is 0 Å². The monoisotopic (exact) mass is 236 g/mol. The second-order valence-electron chi connectivity index (χ2n) is 2.56. The number of aromatic nitrogens is 2. The second-order valence-corrected chi connectivity index (χ2v) is 3.47. The zero-order valence-corrected chi connectivity index (χ0v) is 7.76. The molecule has 0 aromatic carbocycles. The highest BCUT2D eigenvalue weighted by molar-refractivity contribution is 7.13. The van der Waals surface area contributed by atoms with E-state index < -0.39 is 12.0 Å². The first kappa shape index (κ1) is 9.97. The van der Waals surface area contributed by atoms with Crippen molar-refractivity contribution in [2.75, 3.05) is 0 Å². The molecular weight excluding hydrogens is 233 g/mol. The van der Waals surface area contributed by atoms with Crippen molar-refractivity contribution >= 4 is 11.3 Å². The van der Waals surface area contributed by atoms with Crippen molar-refractivity contribution < 1.29 is 22.8 Å². The van der Waals surface area contributed by atoms with E-state index in [1.807, 2.05) is 0 Å². The summed E-state index contributed by atoms with van der Waals surface area (Å²) in [6.07, 6.45) is -4.64. The molecule has 0 aliphatic heterocycles. The molecule has 0 amide bonds. The van der Waals surface area contributed by atoms with Crippen molar-refractivity contribution in [3.8, 4) is 16.5 Å². The van der Waals surface area contributed by atoms with Crippen molar-refractivity contribution in [2.45, 2.75) is 6.18 Å². The predicted octanol–water partition coefficient (Wildman–Crippen LogP) is 2.52. The van der Waals surface area contributed by atoms with Gasteiger partial charge in [0.25, 0.3) is 11.7 Å². The number of hydrogen-bond donors (Lipinski definition) is 1. The van der Waals surface area contributed by atoms with Gasteiger partial charge in [-0.25, -0.2) is 0 Å². The first-order valence-electron chi connectivity index (χ1n) is 3.66. The van der Waals surface area contributed by atoms with Gasteiger partial charge in [0.1, 0.15) is 10.6 Å². The number of rotatable bonds is 1. The minimum Gasteiger partial charge on any atom is -0.506 e. The van der Waals surface area contributed by atoms with Crippen LogP contribution in [0.15, 0.2) is 16.0 Å². The van der Waals surface area contributed by atoms with Crippen LogP contribution in [0.25, 0.3) is 10.8 Å². The van der Waals surface area contributed by atoms with E-state index in [1.54, 1.807) is 0 Å². The number of alkyl halides is 3. The fourth-order valence-electron chi connectivity index (χ4n) is 0.893. The van der Waals surface area contributed by atoms with Crippen LogP contribution < -0.4 is 0 Å². The SMILES string of the molecule is Oc1ccsc1-c1nc(C(F)(F)F)no1. The average molecular weight is 236 g/mol. The minimum atomic E-state index is -4.64. The van der Waals surface area contributed by atoms with Gasteiger partial charge in [-0.1, -0.05) is 5.16 Å². The third-order valence-corrected chi connectivity index (χ3v) is 2.41. The standard InChI is InChI=1S/C7H3F3N2O2S/c8-7(9,10)6-11-5(14-12-6)4-3(13)1-2-15-4/h1-2,13H. The third kappa shape index (κ3) is 1.80. The second kappa shape index (κ2) is 3.23. The summed E-state index contributed by atoms with van der Waals surface area (Å²) in [6.45, 7) is 0. The maximum absolute atomic E-state index is 12.1. The van der Waals surface area contributed by atoms with Crippen LogP contribution in [-0.2, 0) is 6.18 Å². The van der Waals surface area contributed by atoms with Gasteiger partial charge in [0, 0.05) is 0 Å². The molecule has 0 aliphatic rings. The van der Waals surface area contributed by atoms with Crippen molar-refractivity contribution in [1.82, 2.24) is 10.1 Å². The number of nitrogens with zero attached hydrogens (tertiary/aromatic N) is 2. The number of halogens is 3. The van der Waals surface area contributed by atoms with Crippen molar-refractivity contribution in [1.29, 1.82) is 0 Å². The molecule has 0 saturated heterocycles. The minimum absolute atomic E-state index is 0.123. The normalized spacial score (nSPS) is 11.9. The lowest BCUT2D eigenvalue weighted by atomic mass is 10.4. The Kier molecular flexibility index (Phi) is 2.14. The fraction of sp³-hybridized carbons (Fsp3) is 0.143. The summed E-state index contributed by atoms with van der Waals surface area (Å²) in [7, 11) is 0. The van der Waals surface area contributed by atoms with Crippen LogP contribution in [0.3, 0.4) is 0 Å². The Balaban J connectivity index is 2.41. The van der Waals surface area contributed by atoms with Crippen molar-refractivity contribution in [2.24, 2.45) is 0 Å². The molecule has 0 radical (unpaired) electrons. The summed E-state index contributed by atoms with van der Waals surface area (Å²) in [6, 6.07) is 1.33. The summed E-state index contributed by atoms with van der Waals surface area (Å²) in [4.78, 5) is 3.26. The molecule has 4 nitrogen and oxygen atoms in total. The first-order chi connectivity index (χ1) is 6.98. The lowest BCUT2D eigenvalue weighted by Gasteiger charge is -1.95. The molecular formula is C7H3F3N2O2S. The van der Waals surface area contributed by atoms with Crippen LogP contribution in [0, 0.1) is 0 Å². The first-order valence-corrected chi connectivity index (χ1v) is 4.54. The van der Waals surface area contributed by atoms with Crippen LogP contribution in [-0.4, -0.2) is 15.2 Å². The van der Waals surface area contributed by atoms with E-state index in [0.717, 1.165) is 11.3 Å². The van der Waals surface area contributed by atoms with Crippen LogP contribution in [0.2, 0.25) is 0 Å². The van der Waals surface area contributed by atoms with Gasteiger partial charge in [0.15, 0.2) is 0 Å². The zero-order chi connectivity index (χ0) is 11.1. The average Bonchev–Trinajstić information content (AvgIpc) is 2.69. The lowest BCUT2D eigenvalue weighted by Crippen LogP contribution is -2.06. The van der Waals surface area contributed by atoms with Gasteiger partial charge in [-0.3, -0.25) is 0 Å². The summed E-state index contributed by atoms with van der Waals surface area (Å²) in [5.74, 6) is -1.88. The van der Waals surface area contributed by atoms with E-state index in [0.29, 0.717) is 0 Å². The summed E-state index contributed by atoms with van der Waals surface area (Å²) in [5, 5.41) is 13.5. The Morgan fingerprint density at radius 1 is 1.40 bits per heavy atom. The van der Waals surface area contributed by atoms with E-state index in [1.165, 1.54) is 11.4 Å². The largest absolute Gasteiger partial charge is 0.506 e. The Morgan fingerprint density at radius 3 is 2.60 bits per heavy atom. The molecule has 8 heteroatoms. The molecule has 0 bridgehead atoms. The van der Waals surface area contributed by atoms with Crippen LogP contribution in [0.1, 0.15) is 5.82 Å². The van der Waals surface area contributed by atoms with Crippen molar-refractivity contribution in [3.63, 3.8) is 0 Å². The van der Waals surface area contributed by atoms with Crippen molar-refractivity contribution in [3.05, 3.63) is 17.3 Å². The molecule has 2 heterocycles. The van der Waals surface area contributed by atoms with E-state index >= 15 is 0 Å². The third-order valence-electron chi connectivity index (χ3n) is 1.52. The van der Waals surface area contributed by atoms with Gasteiger partial charge in [-0.15, -0.1) is 11.3 Å². The predicted molar refractivity (Wildman–Crippen MR) is 44.3 cm³/mol. The van der Waals surface area contributed by atoms with E-state index in [9.17, 15) is 18.3 Å². The van der Waals surface area contributed by atoms with Gasteiger partial charge >= 0.3 is 6.18 Å². The number of hydrogen-bond acceptors (Lipinski definition) is 5. The van der Waals surface area contributed by atoms with Gasteiger partial charge in [0.05, 0.1) is 0 Å². The molecule has 2 aromatic rings. The molecule has 0 aliphatic carbocycles. The molecule has 0 saturated carbocycles. The van der Waals surface area contributed by atoms with Crippen LogP contribution in [0.4, 0.5) is 13.2 Å². The fourth-order valence-corrected chi connectivity index (χ4v) is 1.60. The Morgan fingerprint density at radius 2 is 2.13 bits per heavy atom. The highest BCUT2D eigenvalue weighted by Crippen LogP contribution is 2.35. The summed E-state index contributed by atoms with van der Waals surface area (Å²) < 4.78 is 40.7. The zero-order valence-electron chi connectivity index (χ0n) is 6.95. The van der Waals surface area contributed by atoms with Crippen LogP contribution in [0.5, 0.6) is 5.75 Å². The van der Waals surface area contributed by atoms with E-state index in [4.69, 9.17) is 0 Å². The molecule has 80 valence electrons. The Hall–Kier alpha value is -1.57. The molecule has 2 aromatic heterocycles. The van der Waals surface area contributed by atoms with E-state index in [-0.39, 0.29) is 16.5 Å². The van der Waals surface area contributed by atoms with Crippen LogP contribution >= 0.6 is 11.3 Å². The molecule has 0 spiro atoms. The maximum atomic E-state index is 12.1. The molecule has 0 fully saturated rings. The molecule has 0 unspecified atom stereocenters. The Labute approximate surface area is 85.0 Å². The van der Waals surface area contributed by atoms with Gasteiger partial charge < -0.3 is 9.63 Å².